The van der Waals surface area contributed by atoms with Crippen LogP contribution in [0, 0.1) is 0 Å². The van der Waals surface area contributed by atoms with Gasteiger partial charge in [-0.3, -0.25) is 0 Å². The second-order valence-electron chi connectivity index (χ2n) is 3.90. The number of esters is 1. The highest BCUT2D eigenvalue weighted by atomic mass is 16.5. The van der Waals surface area contributed by atoms with E-state index in [1.54, 1.807) is 18.5 Å². The van der Waals surface area contributed by atoms with Gasteiger partial charge >= 0.3 is 5.97 Å². The third kappa shape index (κ3) is 2.51. The Kier molecular flexibility index (Phi) is 3.62. The Morgan fingerprint density at radius 1 is 1.44 bits per heavy atom. The third-order valence-corrected chi connectivity index (χ3v) is 2.62. The van der Waals surface area contributed by atoms with Crippen molar-refractivity contribution in [3.05, 3.63) is 47.9 Å². The lowest BCUT2D eigenvalue weighted by Gasteiger charge is -2.20. The highest BCUT2D eigenvalue weighted by Crippen LogP contribution is 2.21. The maximum atomic E-state index is 11.7. The molecule has 0 unspecified atom stereocenters. The highest BCUT2D eigenvalue weighted by molar-refractivity contribution is 5.95. The number of aromatic nitrogens is 1. The van der Waals surface area contributed by atoms with E-state index in [1.807, 2.05) is 30.1 Å². The van der Waals surface area contributed by atoms with E-state index in [-0.39, 0.29) is 5.97 Å². The zero-order valence-electron chi connectivity index (χ0n) is 10.3. The highest BCUT2D eigenvalue weighted by Gasteiger charge is 2.14. The summed E-state index contributed by atoms with van der Waals surface area (Å²) in [4.78, 5) is 13.6. The minimum Gasteiger partial charge on any atom is -0.465 e. The van der Waals surface area contributed by atoms with Crippen LogP contribution < -0.4 is 4.90 Å². The van der Waals surface area contributed by atoms with E-state index in [4.69, 9.17) is 9.26 Å². The van der Waals surface area contributed by atoms with Crippen molar-refractivity contribution in [3.63, 3.8) is 0 Å². The second kappa shape index (κ2) is 5.35. The SMILES string of the molecule is COC(=O)c1ccccc1N(C)Cc1cnoc1. The summed E-state index contributed by atoms with van der Waals surface area (Å²) in [5.41, 5.74) is 2.29. The molecule has 0 radical (unpaired) electrons. The summed E-state index contributed by atoms with van der Waals surface area (Å²) in [6.45, 7) is 0.609. The molecule has 0 aliphatic heterocycles. The monoisotopic (exact) mass is 246 g/mol. The van der Waals surface area contributed by atoms with Gasteiger partial charge in [-0.1, -0.05) is 17.3 Å². The molecule has 5 heteroatoms. The summed E-state index contributed by atoms with van der Waals surface area (Å²) in [6.07, 6.45) is 3.23. The number of ether oxygens (including phenoxy) is 1. The first-order valence-corrected chi connectivity index (χ1v) is 5.49. The Labute approximate surface area is 105 Å². The van der Waals surface area contributed by atoms with Gasteiger partial charge in [-0.05, 0) is 12.1 Å². The Morgan fingerprint density at radius 3 is 2.89 bits per heavy atom. The number of nitrogens with zero attached hydrogens (tertiary/aromatic N) is 2. The van der Waals surface area contributed by atoms with E-state index < -0.39 is 0 Å². The van der Waals surface area contributed by atoms with E-state index in [0.717, 1.165) is 11.3 Å². The number of methoxy groups -OCH3 is 1. The largest absolute Gasteiger partial charge is 0.465 e. The number of hydrogen-bond acceptors (Lipinski definition) is 5. The Bertz CT molecular complexity index is 523. The van der Waals surface area contributed by atoms with Gasteiger partial charge in [0.1, 0.15) is 6.26 Å². The maximum absolute atomic E-state index is 11.7. The number of hydrogen-bond donors (Lipinski definition) is 0. The van der Waals surface area contributed by atoms with Gasteiger partial charge in [-0.2, -0.15) is 0 Å². The Balaban J connectivity index is 2.24. The molecule has 18 heavy (non-hydrogen) atoms. The van der Waals surface area contributed by atoms with Crippen LogP contribution in [0.1, 0.15) is 15.9 Å². The van der Waals surface area contributed by atoms with Crippen molar-refractivity contribution in [1.29, 1.82) is 0 Å². The van der Waals surface area contributed by atoms with Crippen molar-refractivity contribution in [2.45, 2.75) is 6.54 Å². The zero-order valence-corrected chi connectivity index (χ0v) is 10.3. The van der Waals surface area contributed by atoms with Crippen LogP contribution in [0.2, 0.25) is 0 Å². The van der Waals surface area contributed by atoms with Gasteiger partial charge in [0.15, 0.2) is 0 Å². The van der Waals surface area contributed by atoms with Crippen molar-refractivity contribution < 1.29 is 14.1 Å². The van der Waals surface area contributed by atoms with Crippen molar-refractivity contribution in [1.82, 2.24) is 5.16 Å². The number of rotatable bonds is 4. The van der Waals surface area contributed by atoms with Crippen molar-refractivity contribution in [2.24, 2.45) is 0 Å². The van der Waals surface area contributed by atoms with E-state index in [2.05, 4.69) is 5.16 Å². The standard InChI is InChI=1S/C13H14N2O3/c1-15(8-10-7-14-18-9-10)12-6-4-3-5-11(12)13(16)17-2/h3-7,9H,8H2,1-2H3. The molecule has 5 nitrogen and oxygen atoms in total. The smallest absolute Gasteiger partial charge is 0.339 e. The minimum absolute atomic E-state index is 0.345. The molecule has 0 atom stereocenters. The quantitative estimate of drug-likeness (QED) is 0.773. The molecule has 0 spiro atoms. The van der Waals surface area contributed by atoms with Crippen LogP contribution in [0.4, 0.5) is 5.69 Å². The maximum Gasteiger partial charge on any atom is 0.339 e. The summed E-state index contributed by atoms with van der Waals surface area (Å²) in [5, 5.41) is 3.65. The lowest BCUT2D eigenvalue weighted by atomic mass is 10.1. The molecule has 1 aromatic heterocycles. The third-order valence-electron chi connectivity index (χ3n) is 2.62. The van der Waals surface area contributed by atoms with E-state index >= 15 is 0 Å². The lowest BCUT2D eigenvalue weighted by Crippen LogP contribution is -2.19. The minimum atomic E-state index is -0.345. The molecule has 0 amide bonds. The molecule has 1 heterocycles. The predicted molar refractivity (Wildman–Crippen MR) is 66.4 cm³/mol. The van der Waals surface area contributed by atoms with Gasteiger partial charge in [-0.15, -0.1) is 0 Å². The van der Waals surface area contributed by atoms with E-state index in [9.17, 15) is 4.79 Å². The molecule has 0 aliphatic rings. The average molecular weight is 246 g/mol. The van der Waals surface area contributed by atoms with Crippen LogP contribution in [-0.4, -0.2) is 25.3 Å². The normalized spacial score (nSPS) is 10.1. The van der Waals surface area contributed by atoms with Gasteiger partial charge in [-0.25, -0.2) is 4.79 Å². The van der Waals surface area contributed by atoms with Gasteiger partial charge < -0.3 is 14.2 Å². The molecule has 0 aliphatic carbocycles. The molecule has 2 rings (SSSR count). The van der Waals surface area contributed by atoms with Crippen LogP contribution >= 0.6 is 0 Å². The summed E-state index contributed by atoms with van der Waals surface area (Å²) in [5.74, 6) is -0.345. The number of carbonyl (C=O) groups excluding carboxylic acids is 1. The van der Waals surface area contributed by atoms with Crippen LogP contribution in [0.3, 0.4) is 0 Å². The van der Waals surface area contributed by atoms with Crippen LogP contribution in [0.5, 0.6) is 0 Å². The molecule has 0 saturated heterocycles. The Hall–Kier alpha value is -2.30. The fourth-order valence-corrected chi connectivity index (χ4v) is 1.75. The topological polar surface area (TPSA) is 55.6 Å². The first-order valence-electron chi connectivity index (χ1n) is 5.49. The van der Waals surface area contributed by atoms with Gasteiger partial charge in [0.05, 0.1) is 24.6 Å². The molecule has 1 aromatic carbocycles. The summed E-state index contributed by atoms with van der Waals surface area (Å²) < 4.78 is 9.55. The van der Waals surface area contributed by atoms with Crippen LogP contribution in [0.15, 0.2) is 41.2 Å². The number of benzene rings is 1. The molecule has 0 saturated carbocycles. The molecule has 0 N–H and O–H groups in total. The Morgan fingerprint density at radius 2 is 2.22 bits per heavy atom. The number of carbonyl (C=O) groups is 1. The summed E-state index contributed by atoms with van der Waals surface area (Å²) in [6, 6.07) is 7.31. The molecule has 94 valence electrons. The summed E-state index contributed by atoms with van der Waals surface area (Å²) >= 11 is 0. The second-order valence-corrected chi connectivity index (χ2v) is 3.90. The molecular weight excluding hydrogens is 232 g/mol. The first-order chi connectivity index (χ1) is 8.72. The number of para-hydroxylation sites is 1. The van der Waals surface area contributed by atoms with Gasteiger partial charge in [0, 0.05) is 19.2 Å². The number of anilines is 1. The zero-order chi connectivity index (χ0) is 13.0. The van der Waals surface area contributed by atoms with Crippen molar-refractivity contribution in [3.8, 4) is 0 Å². The molecule has 0 fully saturated rings. The summed E-state index contributed by atoms with van der Waals surface area (Å²) in [7, 11) is 3.27. The fraction of sp³-hybridized carbons (Fsp3) is 0.231. The first kappa shape index (κ1) is 12.2. The average Bonchev–Trinajstić information content (AvgIpc) is 2.90. The van der Waals surface area contributed by atoms with Gasteiger partial charge in [0.2, 0.25) is 0 Å². The van der Waals surface area contributed by atoms with Crippen molar-refractivity contribution in [2.75, 3.05) is 19.1 Å². The predicted octanol–water partition coefficient (Wildman–Crippen LogP) is 2.10. The molecular formula is C13H14N2O3. The van der Waals surface area contributed by atoms with Gasteiger partial charge in [0.25, 0.3) is 0 Å². The van der Waals surface area contributed by atoms with Crippen LogP contribution in [-0.2, 0) is 11.3 Å². The van der Waals surface area contributed by atoms with Crippen molar-refractivity contribution >= 4 is 11.7 Å². The van der Waals surface area contributed by atoms with Crippen LogP contribution in [0.25, 0.3) is 0 Å². The lowest BCUT2D eigenvalue weighted by molar-refractivity contribution is 0.0601. The van der Waals surface area contributed by atoms with E-state index in [0.29, 0.717) is 12.1 Å². The molecule has 0 bridgehead atoms. The molecule has 2 aromatic rings. The van der Waals surface area contributed by atoms with E-state index in [1.165, 1.54) is 7.11 Å². The fourth-order valence-electron chi connectivity index (χ4n) is 1.75.